The Bertz CT molecular complexity index is 1000. The lowest BCUT2D eigenvalue weighted by Crippen LogP contribution is -2.27. The molecule has 0 aliphatic carbocycles. The van der Waals surface area contributed by atoms with Crippen molar-refractivity contribution in [3.8, 4) is 17.2 Å². The average Bonchev–Trinajstić information content (AvgIpc) is 3.09. The van der Waals surface area contributed by atoms with E-state index in [4.69, 9.17) is 9.47 Å². The molecule has 1 N–H and O–H groups in total. The maximum atomic E-state index is 14.1. The van der Waals surface area contributed by atoms with Crippen molar-refractivity contribution >= 4 is 5.91 Å². The highest BCUT2D eigenvalue weighted by atomic mass is 19.1. The van der Waals surface area contributed by atoms with Gasteiger partial charge >= 0.3 is 0 Å². The van der Waals surface area contributed by atoms with Crippen molar-refractivity contribution in [1.82, 2.24) is 15.1 Å². The number of amides is 1. The number of nitrogens with zero attached hydrogens (tertiary/aromatic N) is 2. The van der Waals surface area contributed by atoms with Crippen molar-refractivity contribution in [2.45, 2.75) is 19.9 Å². The van der Waals surface area contributed by atoms with Crippen LogP contribution in [0.4, 0.5) is 4.39 Å². The summed E-state index contributed by atoms with van der Waals surface area (Å²) in [6.45, 7) is 3.58. The number of para-hydroxylation sites is 1. The van der Waals surface area contributed by atoms with E-state index in [0.29, 0.717) is 28.4 Å². The van der Waals surface area contributed by atoms with E-state index < -0.39 is 5.82 Å². The van der Waals surface area contributed by atoms with Crippen LogP contribution >= 0.6 is 0 Å². The van der Waals surface area contributed by atoms with Gasteiger partial charge in [-0.2, -0.15) is 5.10 Å². The molecule has 0 fully saturated rings. The number of rotatable bonds is 6. The monoisotopic (exact) mass is 383 g/mol. The minimum Gasteiger partial charge on any atom is -0.497 e. The number of hydrogen-bond donors (Lipinski definition) is 1. The standard InChI is InChI=1S/C21H22FN3O3/c1-13(16-11-15(27-3)9-10-20(16)28-4)24-21(26)17-12-23-25(14(17)2)19-8-6-5-7-18(19)22/h5-13H,1-4H3,(H,24,26). The van der Waals surface area contributed by atoms with Crippen LogP contribution in [0.15, 0.2) is 48.7 Å². The highest BCUT2D eigenvalue weighted by Crippen LogP contribution is 2.29. The molecular weight excluding hydrogens is 361 g/mol. The summed E-state index contributed by atoms with van der Waals surface area (Å²) in [7, 11) is 3.15. The van der Waals surface area contributed by atoms with Crippen LogP contribution in [0.25, 0.3) is 5.69 Å². The lowest BCUT2D eigenvalue weighted by atomic mass is 10.1. The number of benzene rings is 2. The number of aromatic nitrogens is 2. The number of halogens is 1. The first-order chi connectivity index (χ1) is 13.5. The Labute approximate surface area is 162 Å². The quantitative estimate of drug-likeness (QED) is 0.703. The highest BCUT2D eigenvalue weighted by Gasteiger charge is 2.20. The lowest BCUT2D eigenvalue weighted by Gasteiger charge is -2.18. The molecule has 3 rings (SSSR count). The van der Waals surface area contributed by atoms with Gasteiger partial charge in [0, 0.05) is 5.56 Å². The minimum absolute atomic E-state index is 0.293. The molecule has 0 bridgehead atoms. The van der Waals surface area contributed by atoms with Crippen LogP contribution in [0.1, 0.15) is 34.6 Å². The van der Waals surface area contributed by atoms with Crippen molar-refractivity contribution in [2.75, 3.05) is 14.2 Å². The van der Waals surface area contributed by atoms with Crippen LogP contribution in [-0.4, -0.2) is 29.9 Å². The van der Waals surface area contributed by atoms with Gasteiger partial charge in [-0.1, -0.05) is 12.1 Å². The molecule has 28 heavy (non-hydrogen) atoms. The predicted molar refractivity (Wildman–Crippen MR) is 104 cm³/mol. The summed E-state index contributed by atoms with van der Waals surface area (Å²) in [5.74, 6) is 0.598. The van der Waals surface area contributed by atoms with Crippen LogP contribution in [-0.2, 0) is 0 Å². The molecule has 2 aromatic carbocycles. The van der Waals surface area contributed by atoms with E-state index in [1.807, 2.05) is 13.0 Å². The molecule has 0 aliphatic rings. The highest BCUT2D eigenvalue weighted by molar-refractivity contribution is 5.95. The fourth-order valence-corrected chi connectivity index (χ4v) is 3.03. The summed E-state index contributed by atoms with van der Waals surface area (Å²) in [5, 5.41) is 7.12. The molecule has 146 valence electrons. The van der Waals surface area contributed by atoms with Gasteiger partial charge in [-0.15, -0.1) is 0 Å². The summed E-state index contributed by atoms with van der Waals surface area (Å²) in [4.78, 5) is 12.8. The Kier molecular flexibility index (Phi) is 5.63. The lowest BCUT2D eigenvalue weighted by molar-refractivity contribution is 0.0938. The van der Waals surface area contributed by atoms with E-state index >= 15 is 0 Å². The molecular formula is C21H22FN3O3. The van der Waals surface area contributed by atoms with Gasteiger partial charge in [0.25, 0.3) is 5.91 Å². The van der Waals surface area contributed by atoms with Crippen molar-refractivity contribution < 1.29 is 18.7 Å². The van der Waals surface area contributed by atoms with Crippen molar-refractivity contribution in [2.24, 2.45) is 0 Å². The van der Waals surface area contributed by atoms with E-state index in [0.717, 1.165) is 5.56 Å². The van der Waals surface area contributed by atoms with Gasteiger partial charge in [0.15, 0.2) is 0 Å². The molecule has 1 aromatic heterocycles. The molecule has 0 saturated carbocycles. The number of carbonyl (C=O) groups is 1. The van der Waals surface area contributed by atoms with E-state index in [1.54, 1.807) is 51.5 Å². The average molecular weight is 383 g/mol. The van der Waals surface area contributed by atoms with Gasteiger partial charge in [-0.3, -0.25) is 4.79 Å². The molecule has 6 nitrogen and oxygen atoms in total. The van der Waals surface area contributed by atoms with Gasteiger partial charge in [0.1, 0.15) is 23.0 Å². The fourth-order valence-electron chi connectivity index (χ4n) is 3.03. The first-order valence-electron chi connectivity index (χ1n) is 8.78. The summed E-state index contributed by atoms with van der Waals surface area (Å²) >= 11 is 0. The molecule has 0 aliphatic heterocycles. The topological polar surface area (TPSA) is 65.4 Å². The molecule has 1 amide bonds. The van der Waals surface area contributed by atoms with E-state index in [1.165, 1.54) is 16.9 Å². The number of methoxy groups -OCH3 is 2. The molecule has 0 saturated heterocycles. The van der Waals surface area contributed by atoms with Crippen molar-refractivity contribution in [3.05, 3.63) is 71.3 Å². The third kappa shape index (κ3) is 3.69. The van der Waals surface area contributed by atoms with Gasteiger partial charge in [0.2, 0.25) is 0 Å². The number of ether oxygens (including phenoxy) is 2. The SMILES string of the molecule is COc1ccc(OC)c(C(C)NC(=O)c2cnn(-c3ccccc3F)c2C)c1. The van der Waals surface area contributed by atoms with E-state index in [-0.39, 0.29) is 11.9 Å². The van der Waals surface area contributed by atoms with E-state index in [9.17, 15) is 9.18 Å². The molecule has 0 radical (unpaired) electrons. The maximum Gasteiger partial charge on any atom is 0.255 e. The molecule has 1 heterocycles. The van der Waals surface area contributed by atoms with Crippen LogP contribution < -0.4 is 14.8 Å². The summed E-state index contributed by atoms with van der Waals surface area (Å²) in [6, 6.07) is 11.4. The molecule has 1 unspecified atom stereocenters. The molecule has 7 heteroatoms. The van der Waals surface area contributed by atoms with Gasteiger partial charge in [-0.05, 0) is 44.2 Å². The first kappa shape index (κ1) is 19.4. The normalized spacial score (nSPS) is 11.8. The third-order valence-electron chi connectivity index (χ3n) is 4.59. The second-order valence-corrected chi connectivity index (χ2v) is 6.31. The van der Waals surface area contributed by atoms with Crippen molar-refractivity contribution in [1.29, 1.82) is 0 Å². The summed E-state index contributed by atoms with van der Waals surface area (Å²) in [5.41, 5.74) is 2.00. The third-order valence-corrected chi connectivity index (χ3v) is 4.59. The Morgan fingerprint density at radius 3 is 2.61 bits per heavy atom. The zero-order chi connectivity index (χ0) is 20.3. The van der Waals surface area contributed by atoms with Crippen LogP contribution in [0.2, 0.25) is 0 Å². The molecule has 3 aromatic rings. The second-order valence-electron chi connectivity index (χ2n) is 6.31. The van der Waals surface area contributed by atoms with Crippen LogP contribution in [0, 0.1) is 12.7 Å². The summed E-state index contributed by atoms with van der Waals surface area (Å²) < 4.78 is 26.1. The minimum atomic E-state index is -0.407. The van der Waals surface area contributed by atoms with Gasteiger partial charge in [0.05, 0.1) is 37.7 Å². The smallest absolute Gasteiger partial charge is 0.255 e. The summed E-state index contributed by atoms with van der Waals surface area (Å²) in [6.07, 6.45) is 1.44. The number of hydrogen-bond acceptors (Lipinski definition) is 4. The largest absolute Gasteiger partial charge is 0.497 e. The zero-order valence-corrected chi connectivity index (χ0v) is 16.2. The fraction of sp³-hybridized carbons (Fsp3) is 0.238. The Hall–Kier alpha value is -3.35. The number of nitrogens with one attached hydrogen (secondary N) is 1. The van der Waals surface area contributed by atoms with Crippen LogP contribution in [0.3, 0.4) is 0 Å². The molecule has 0 spiro atoms. The zero-order valence-electron chi connectivity index (χ0n) is 16.2. The van der Waals surface area contributed by atoms with Gasteiger partial charge < -0.3 is 14.8 Å². The van der Waals surface area contributed by atoms with Crippen LogP contribution in [0.5, 0.6) is 11.5 Å². The predicted octanol–water partition coefficient (Wildman–Crippen LogP) is 3.83. The number of carbonyl (C=O) groups excluding carboxylic acids is 1. The molecule has 1 atom stereocenters. The Morgan fingerprint density at radius 2 is 1.93 bits per heavy atom. The Balaban J connectivity index is 1.85. The van der Waals surface area contributed by atoms with Crippen molar-refractivity contribution in [3.63, 3.8) is 0 Å². The van der Waals surface area contributed by atoms with E-state index in [2.05, 4.69) is 10.4 Å². The Morgan fingerprint density at radius 1 is 1.18 bits per heavy atom. The second kappa shape index (κ2) is 8.12. The first-order valence-corrected chi connectivity index (χ1v) is 8.78. The maximum absolute atomic E-state index is 14.1. The van der Waals surface area contributed by atoms with Gasteiger partial charge in [-0.25, -0.2) is 9.07 Å².